The highest BCUT2D eigenvalue weighted by molar-refractivity contribution is 4.91. The molecule has 0 amide bonds. The zero-order chi connectivity index (χ0) is 10.7. The molecule has 2 rings (SSSR count). The summed E-state index contributed by atoms with van der Waals surface area (Å²) >= 11 is 0. The van der Waals surface area contributed by atoms with Crippen LogP contribution in [0.25, 0.3) is 0 Å². The summed E-state index contributed by atoms with van der Waals surface area (Å²) in [7, 11) is 0. The smallest absolute Gasteiger partial charge is 0.0114 e. The fourth-order valence-electron chi connectivity index (χ4n) is 3.51. The maximum atomic E-state index is 3.60. The van der Waals surface area contributed by atoms with Crippen LogP contribution in [0, 0.1) is 0 Å². The van der Waals surface area contributed by atoms with E-state index in [1.54, 1.807) is 0 Å². The van der Waals surface area contributed by atoms with Crippen molar-refractivity contribution in [3.63, 3.8) is 0 Å². The summed E-state index contributed by atoms with van der Waals surface area (Å²) in [6.07, 6.45) is 8.44. The minimum atomic E-state index is 0.804. The van der Waals surface area contributed by atoms with Crippen LogP contribution in [0.3, 0.4) is 0 Å². The first-order valence-corrected chi connectivity index (χ1v) is 6.84. The van der Waals surface area contributed by atoms with E-state index in [1.807, 2.05) is 0 Å². The number of hydrogen-bond acceptors (Lipinski definition) is 2. The van der Waals surface area contributed by atoms with E-state index in [2.05, 4.69) is 24.1 Å². The van der Waals surface area contributed by atoms with E-state index < -0.39 is 0 Å². The molecule has 3 unspecified atom stereocenters. The molecule has 1 aliphatic heterocycles. The van der Waals surface area contributed by atoms with Gasteiger partial charge >= 0.3 is 0 Å². The zero-order valence-corrected chi connectivity index (χ0v) is 10.3. The van der Waals surface area contributed by atoms with E-state index in [0.29, 0.717) is 0 Å². The molecule has 3 atom stereocenters. The Labute approximate surface area is 94.4 Å². The predicted molar refractivity (Wildman–Crippen MR) is 65.1 cm³/mol. The molecule has 1 aliphatic carbocycles. The fourth-order valence-corrected chi connectivity index (χ4v) is 3.51. The number of hydrogen-bond donors (Lipinski definition) is 1. The lowest BCUT2D eigenvalue weighted by atomic mass is 10.1. The van der Waals surface area contributed by atoms with Gasteiger partial charge < -0.3 is 5.32 Å². The topological polar surface area (TPSA) is 15.3 Å². The van der Waals surface area contributed by atoms with E-state index in [0.717, 1.165) is 24.7 Å². The zero-order valence-electron chi connectivity index (χ0n) is 10.3. The van der Waals surface area contributed by atoms with Gasteiger partial charge in [-0.1, -0.05) is 13.8 Å². The number of nitrogens with one attached hydrogen (secondary N) is 1. The van der Waals surface area contributed by atoms with Gasteiger partial charge in [-0.3, -0.25) is 4.90 Å². The van der Waals surface area contributed by atoms with Gasteiger partial charge in [0, 0.05) is 18.1 Å². The van der Waals surface area contributed by atoms with Gasteiger partial charge in [-0.05, 0) is 51.6 Å². The van der Waals surface area contributed by atoms with Crippen LogP contribution < -0.4 is 5.32 Å². The van der Waals surface area contributed by atoms with Crippen LogP contribution in [0.15, 0.2) is 0 Å². The van der Waals surface area contributed by atoms with Crippen LogP contribution >= 0.6 is 0 Å². The monoisotopic (exact) mass is 210 g/mol. The molecule has 2 heteroatoms. The number of likely N-dealkylation sites (tertiary alicyclic amines) is 1. The Kier molecular flexibility index (Phi) is 4.04. The molecule has 2 fully saturated rings. The highest BCUT2D eigenvalue weighted by atomic mass is 15.2. The standard InChI is InChI=1S/C13H26N2/c1-3-12-6-5-9-15(12)13-8-7-11(10-13)14-4-2/h11-14H,3-10H2,1-2H3. The van der Waals surface area contributed by atoms with Crippen LogP contribution in [-0.2, 0) is 0 Å². The molecule has 0 radical (unpaired) electrons. The van der Waals surface area contributed by atoms with Crippen LogP contribution in [0.5, 0.6) is 0 Å². The Hall–Kier alpha value is -0.0800. The second-order valence-corrected chi connectivity index (χ2v) is 5.16. The van der Waals surface area contributed by atoms with E-state index in [1.165, 1.54) is 45.1 Å². The summed E-state index contributed by atoms with van der Waals surface area (Å²) < 4.78 is 0. The van der Waals surface area contributed by atoms with Crippen molar-refractivity contribution in [2.45, 2.75) is 70.5 Å². The van der Waals surface area contributed by atoms with Gasteiger partial charge in [0.1, 0.15) is 0 Å². The number of rotatable bonds is 4. The molecule has 0 aromatic rings. The molecular formula is C13H26N2. The van der Waals surface area contributed by atoms with Crippen molar-refractivity contribution in [2.24, 2.45) is 0 Å². The normalized spacial score (nSPS) is 37.6. The molecule has 0 aromatic heterocycles. The lowest BCUT2D eigenvalue weighted by Gasteiger charge is -2.30. The van der Waals surface area contributed by atoms with Gasteiger partial charge in [-0.15, -0.1) is 0 Å². The van der Waals surface area contributed by atoms with Gasteiger partial charge in [0.15, 0.2) is 0 Å². The van der Waals surface area contributed by atoms with Gasteiger partial charge in [0.2, 0.25) is 0 Å². The second kappa shape index (κ2) is 5.31. The van der Waals surface area contributed by atoms with Gasteiger partial charge in [0.25, 0.3) is 0 Å². The molecule has 1 saturated carbocycles. The molecule has 1 saturated heterocycles. The molecule has 2 nitrogen and oxygen atoms in total. The summed E-state index contributed by atoms with van der Waals surface area (Å²) in [6.45, 7) is 7.06. The van der Waals surface area contributed by atoms with E-state index in [9.17, 15) is 0 Å². The van der Waals surface area contributed by atoms with Crippen molar-refractivity contribution in [1.29, 1.82) is 0 Å². The first kappa shape index (κ1) is 11.4. The third kappa shape index (κ3) is 2.54. The van der Waals surface area contributed by atoms with Crippen molar-refractivity contribution >= 4 is 0 Å². The molecule has 2 aliphatic rings. The van der Waals surface area contributed by atoms with E-state index in [4.69, 9.17) is 0 Å². The quantitative estimate of drug-likeness (QED) is 0.766. The average Bonchev–Trinajstić information content (AvgIpc) is 2.84. The van der Waals surface area contributed by atoms with Crippen molar-refractivity contribution in [3.8, 4) is 0 Å². The van der Waals surface area contributed by atoms with Crippen LogP contribution in [0.2, 0.25) is 0 Å². The lowest BCUT2D eigenvalue weighted by Crippen LogP contribution is -2.38. The van der Waals surface area contributed by atoms with E-state index >= 15 is 0 Å². The highest BCUT2D eigenvalue weighted by Gasteiger charge is 2.34. The second-order valence-electron chi connectivity index (χ2n) is 5.16. The third-order valence-corrected chi connectivity index (χ3v) is 4.26. The Morgan fingerprint density at radius 1 is 1.20 bits per heavy atom. The summed E-state index contributed by atoms with van der Waals surface area (Å²) in [6, 6.07) is 2.59. The van der Waals surface area contributed by atoms with Crippen LogP contribution in [0.4, 0.5) is 0 Å². The Balaban J connectivity index is 1.84. The van der Waals surface area contributed by atoms with Crippen molar-refractivity contribution in [1.82, 2.24) is 10.2 Å². The Bertz CT molecular complexity index is 193. The largest absolute Gasteiger partial charge is 0.314 e. The first-order valence-electron chi connectivity index (χ1n) is 6.84. The summed E-state index contributed by atoms with van der Waals surface area (Å²) in [5.41, 5.74) is 0. The minimum Gasteiger partial charge on any atom is -0.314 e. The van der Waals surface area contributed by atoms with Crippen LogP contribution in [-0.4, -0.2) is 36.1 Å². The van der Waals surface area contributed by atoms with Crippen molar-refractivity contribution in [2.75, 3.05) is 13.1 Å². The SMILES string of the molecule is CCNC1CCC(N2CCCC2CC)C1. The summed E-state index contributed by atoms with van der Waals surface area (Å²) in [5.74, 6) is 0. The van der Waals surface area contributed by atoms with Gasteiger partial charge in [-0.2, -0.15) is 0 Å². The van der Waals surface area contributed by atoms with Crippen LogP contribution in [0.1, 0.15) is 52.4 Å². The third-order valence-electron chi connectivity index (χ3n) is 4.26. The molecule has 0 spiro atoms. The van der Waals surface area contributed by atoms with E-state index in [-0.39, 0.29) is 0 Å². The molecule has 0 bridgehead atoms. The highest BCUT2D eigenvalue weighted by Crippen LogP contribution is 2.31. The van der Waals surface area contributed by atoms with Crippen molar-refractivity contribution in [3.05, 3.63) is 0 Å². The molecule has 88 valence electrons. The first-order chi connectivity index (χ1) is 7.35. The summed E-state index contributed by atoms with van der Waals surface area (Å²) in [4.78, 5) is 2.80. The maximum absolute atomic E-state index is 3.60. The molecule has 1 N–H and O–H groups in total. The van der Waals surface area contributed by atoms with Gasteiger partial charge in [0.05, 0.1) is 0 Å². The van der Waals surface area contributed by atoms with Crippen molar-refractivity contribution < 1.29 is 0 Å². The Morgan fingerprint density at radius 3 is 2.80 bits per heavy atom. The number of nitrogens with zero attached hydrogens (tertiary/aromatic N) is 1. The predicted octanol–water partition coefficient (Wildman–Crippen LogP) is 2.39. The molecular weight excluding hydrogens is 184 g/mol. The lowest BCUT2D eigenvalue weighted by molar-refractivity contribution is 0.175. The molecule has 0 aromatic carbocycles. The molecule has 1 heterocycles. The Morgan fingerprint density at radius 2 is 2.07 bits per heavy atom. The fraction of sp³-hybridized carbons (Fsp3) is 1.00. The summed E-state index contributed by atoms with van der Waals surface area (Å²) in [5, 5.41) is 3.60. The molecule has 15 heavy (non-hydrogen) atoms. The minimum absolute atomic E-state index is 0.804. The maximum Gasteiger partial charge on any atom is 0.0114 e. The van der Waals surface area contributed by atoms with Gasteiger partial charge in [-0.25, -0.2) is 0 Å². The average molecular weight is 210 g/mol.